The van der Waals surface area contributed by atoms with E-state index in [9.17, 15) is 28.1 Å². The van der Waals surface area contributed by atoms with Crippen molar-refractivity contribution < 1.29 is 22.9 Å². The molecule has 3 rings (SSSR count). The molecule has 1 saturated heterocycles. The van der Waals surface area contributed by atoms with Gasteiger partial charge in [-0.05, 0) is 37.4 Å². The van der Waals surface area contributed by atoms with Crippen LogP contribution in [0.15, 0.2) is 12.1 Å². The topological polar surface area (TPSA) is 87.5 Å². The molecule has 0 aliphatic carbocycles. The number of nitro benzene ring substituents is 1. The van der Waals surface area contributed by atoms with Crippen LogP contribution in [0, 0.1) is 10.1 Å². The number of piperidine rings is 1. The summed E-state index contributed by atoms with van der Waals surface area (Å²) < 4.78 is 37.8. The first-order valence-corrected chi connectivity index (χ1v) is 8.38. The highest BCUT2D eigenvalue weighted by Gasteiger charge is 2.33. The molecule has 1 fully saturated rings. The van der Waals surface area contributed by atoms with Gasteiger partial charge >= 0.3 is 6.18 Å². The Bertz CT molecular complexity index is 723. The van der Waals surface area contributed by atoms with Crippen molar-refractivity contribution in [3.8, 4) is 0 Å². The number of fused-ring (bicyclic) bond motifs is 1. The summed E-state index contributed by atoms with van der Waals surface area (Å²) in [4.78, 5) is 23.7. The number of carbonyl (C=O) groups is 1. The van der Waals surface area contributed by atoms with Crippen LogP contribution in [0.4, 0.5) is 30.2 Å². The molecule has 0 bridgehead atoms. The Kier molecular flexibility index (Phi) is 5.03. The second-order valence-electron chi connectivity index (χ2n) is 6.67. The molecule has 0 spiro atoms. The molecule has 2 heterocycles. The van der Waals surface area contributed by atoms with E-state index in [0.717, 1.165) is 0 Å². The third-order valence-electron chi connectivity index (χ3n) is 4.58. The van der Waals surface area contributed by atoms with E-state index in [0.29, 0.717) is 37.1 Å². The summed E-state index contributed by atoms with van der Waals surface area (Å²) in [5, 5.41) is 17.1. The number of nitrogens with zero attached hydrogens (tertiary/aromatic N) is 2. The van der Waals surface area contributed by atoms with Gasteiger partial charge in [0.2, 0.25) is 5.91 Å². The highest BCUT2D eigenvalue weighted by Crippen LogP contribution is 2.35. The van der Waals surface area contributed by atoms with Gasteiger partial charge in [0.05, 0.1) is 11.5 Å². The summed E-state index contributed by atoms with van der Waals surface area (Å²) in [6.45, 7) is -0.492. The van der Waals surface area contributed by atoms with Crippen molar-refractivity contribution in [1.29, 1.82) is 0 Å². The number of hydrogen-bond donors (Lipinski definition) is 2. The molecule has 0 aromatic heterocycles. The highest BCUT2D eigenvalue weighted by atomic mass is 19.4. The van der Waals surface area contributed by atoms with E-state index >= 15 is 0 Å². The number of hydrogen-bond acceptors (Lipinski definition) is 5. The summed E-state index contributed by atoms with van der Waals surface area (Å²) in [5.74, 6) is -0.161. The lowest BCUT2D eigenvalue weighted by atomic mass is 10.00. The van der Waals surface area contributed by atoms with Crippen molar-refractivity contribution >= 4 is 23.0 Å². The molecule has 7 nitrogen and oxygen atoms in total. The SMILES string of the molecule is O=C1CCc2cc([N+](=O)[O-])c(N[C@H]3CCCN(CC(F)(F)F)C3)cc2N1. The lowest BCUT2D eigenvalue weighted by Crippen LogP contribution is -2.45. The fourth-order valence-electron chi connectivity index (χ4n) is 3.47. The first-order chi connectivity index (χ1) is 12.2. The van der Waals surface area contributed by atoms with Gasteiger partial charge in [-0.1, -0.05) is 0 Å². The average Bonchev–Trinajstić information content (AvgIpc) is 2.52. The van der Waals surface area contributed by atoms with E-state index < -0.39 is 17.6 Å². The molecule has 1 atom stereocenters. The Labute approximate surface area is 147 Å². The lowest BCUT2D eigenvalue weighted by molar-refractivity contribution is -0.384. The van der Waals surface area contributed by atoms with Crippen LogP contribution in [0.3, 0.4) is 0 Å². The smallest absolute Gasteiger partial charge is 0.375 e. The average molecular weight is 372 g/mol. The van der Waals surface area contributed by atoms with Crippen molar-refractivity contribution in [2.24, 2.45) is 0 Å². The Morgan fingerprint density at radius 1 is 1.35 bits per heavy atom. The lowest BCUT2D eigenvalue weighted by Gasteiger charge is -2.34. The van der Waals surface area contributed by atoms with Gasteiger partial charge in [0.1, 0.15) is 5.69 Å². The van der Waals surface area contributed by atoms with E-state index in [-0.39, 0.29) is 36.3 Å². The maximum Gasteiger partial charge on any atom is 0.401 e. The van der Waals surface area contributed by atoms with Crippen molar-refractivity contribution in [3.63, 3.8) is 0 Å². The van der Waals surface area contributed by atoms with Gasteiger partial charge in [-0.2, -0.15) is 13.2 Å². The standard InChI is InChI=1S/C16H19F3N4O3/c17-16(18,19)9-22-5-1-2-11(8-22)20-13-7-12-10(3-4-15(24)21-12)6-14(13)23(25)26/h6-7,11,20H,1-5,8-9H2,(H,21,24)/t11-/m0/s1. The van der Waals surface area contributed by atoms with Gasteiger partial charge in [0.15, 0.2) is 0 Å². The van der Waals surface area contributed by atoms with Gasteiger partial charge in [-0.15, -0.1) is 0 Å². The molecular weight excluding hydrogens is 353 g/mol. The fourth-order valence-corrected chi connectivity index (χ4v) is 3.47. The van der Waals surface area contributed by atoms with Crippen LogP contribution in [-0.4, -0.2) is 47.6 Å². The summed E-state index contributed by atoms with van der Waals surface area (Å²) >= 11 is 0. The molecule has 2 aliphatic heterocycles. The zero-order valence-corrected chi connectivity index (χ0v) is 13.9. The largest absolute Gasteiger partial charge is 0.401 e. The molecule has 0 radical (unpaired) electrons. The number of carbonyl (C=O) groups excluding carboxylic acids is 1. The van der Waals surface area contributed by atoms with Crippen LogP contribution in [0.25, 0.3) is 0 Å². The molecular formula is C16H19F3N4O3. The first-order valence-electron chi connectivity index (χ1n) is 8.38. The zero-order chi connectivity index (χ0) is 18.9. The summed E-state index contributed by atoms with van der Waals surface area (Å²) in [5.41, 5.74) is 1.28. The van der Waals surface area contributed by atoms with E-state index in [1.165, 1.54) is 17.0 Å². The number of anilines is 2. The number of alkyl halides is 3. The fraction of sp³-hybridized carbons (Fsp3) is 0.562. The molecule has 142 valence electrons. The maximum absolute atomic E-state index is 12.6. The molecule has 0 saturated carbocycles. The number of benzene rings is 1. The summed E-state index contributed by atoms with van der Waals surface area (Å²) in [6, 6.07) is 2.60. The first kappa shape index (κ1) is 18.4. The molecule has 2 aliphatic rings. The molecule has 1 aromatic carbocycles. The van der Waals surface area contributed by atoms with Crippen molar-refractivity contribution in [2.75, 3.05) is 30.3 Å². The van der Waals surface area contributed by atoms with E-state index in [1.807, 2.05) is 0 Å². The second kappa shape index (κ2) is 7.10. The molecule has 0 unspecified atom stereocenters. The van der Waals surface area contributed by atoms with Gasteiger partial charge in [0, 0.05) is 30.8 Å². The minimum absolute atomic E-state index is 0.132. The third-order valence-corrected chi connectivity index (χ3v) is 4.58. The third kappa shape index (κ3) is 4.43. The minimum Gasteiger partial charge on any atom is -0.375 e. The number of aryl methyl sites for hydroxylation is 1. The Hall–Kier alpha value is -2.36. The van der Waals surface area contributed by atoms with Crippen molar-refractivity contribution in [2.45, 2.75) is 37.9 Å². The van der Waals surface area contributed by atoms with E-state index in [1.54, 1.807) is 0 Å². The van der Waals surface area contributed by atoms with Gasteiger partial charge in [-0.3, -0.25) is 19.8 Å². The summed E-state index contributed by atoms with van der Waals surface area (Å²) in [6.07, 6.45) is -2.39. The predicted octanol–water partition coefficient (Wildman–Crippen LogP) is 2.92. The van der Waals surface area contributed by atoms with Crippen LogP contribution < -0.4 is 10.6 Å². The molecule has 1 amide bonds. The Balaban J connectivity index is 1.79. The molecule has 1 aromatic rings. The molecule has 10 heteroatoms. The van der Waals surface area contributed by atoms with Crippen LogP contribution in [0.1, 0.15) is 24.8 Å². The molecule has 2 N–H and O–H groups in total. The quantitative estimate of drug-likeness (QED) is 0.627. The van der Waals surface area contributed by atoms with Crippen LogP contribution in [0.2, 0.25) is 0 Å². The number of nitrogens with one attached hydrogen (secondary N) is 2. The predicted molar refractivity (Wildman–Crippen MR) is 89.2 cm³/mol. The molecule has 26 heavy (non-hydrogen) atoms. The number of rotatable bonds is 4. The van der Waals surface area contributed by atoms with Crippen molar-refractivity contribution in [1.82, 2.24) is 4.90 Å². The monoisotopic (exact) mass is 372 g/mol. The van der Waals surface area contributed by atoms with Crippen LogP contribution >= 0.6 is 0 Å². The van der Waals surface area contributed by atoms with E-state index in [2.05, 4.69) is 10.6 Å². The number of halogens is 3. The van der Waals surface area contributed by atoms with Gasteiger partial charge in [-0.25, -0.2) is 0 Å². The normalized spacial score (nSPS) is 21.0. The second-order valence-corrected chi connectivity index (χ2v) is 6.67. The van der Waals surface area contributed by atoms with Crippen LogP contribution in [-0.2, 0) is 11.2 Å². The Morgan fingerprint density at radius 2 is 2.12 bits per heavy atom. The highest BCUT2D eigenvalue weighted by molar-refractivity contribution is 5.95. The zero-order valence-electron chi connectivity index (χ0n) is 13.9. The van der Waals surface area contributed by atoms with Crippen LogP contribution in [0.5, 0.6) is 0 Å². The van der Waals surface area contributed by atoms with E-state index in [4.69, 9.17) is 0 Å². The number of nitro groups is 1. The van der Waals surface area contributed by atoms with Crippen molar-refractivity contribution in [3.05, 3.63) is 27.8 Å². The van der Waals surface area contributed by atoms with Gasteiger partial charge < -0.3 is 10.6 Å². The summed E-state index contributed by atoms with van der Waals surface area (Å²) in [7, 11) is 0. The number of amides is 1. The minimum atomic E-state index is -4.27. The van der Waals surface area contributed by atoms with Gasteiger partial charge in [0.25, 0.3) is 5.69 Å². The Morgan fingerprint density at radius 3 is 2.81 bits per heavy atom. The maximum atomic E-state index is 12.6. The number of likely N-dealkylation sites (tertiary alicyclic amines) is 1.